The Bertz CT molecular complexity index is 1070. The van der Waals surface area contributed by atoms with Crippen molar-refractivity contribution in [3.05, 3.63) is 36.5 Å². The van der Waals surface area contributed by atoms with E-state index in [2.05, 4.69) is 32.1 Å². The van der Waals surface area contributed by atoms with Gasteiger partial charge in [-0.15, -0.1) is 0 Å². The first kappa shape index (κ1) is 17.7. The van der Waals surface area contributed by atoms with Gasteiger partial charge in [-0.3, -0.25) is 0 Å². The van der Waals surface area contributed by atoms with E-state index in [0.717, 1.165) is 36.2 Å². The highest BCUT2D eigenvalue weighted by atomic mass is 32.2. The molecule has 0 atom stereocenters. The van der Waals surface area contributed by atoms with Crippen LogP contribution in [0.4, 0.5) is 17.5 Å². The van der Waals surface area contributed by atoms with Crippen LogP contribution in [-0.4, -0.2) is 29.0 Å². The number of hydrogen-bond acceptors (Lipinski definition) is 6. The summed E-state index contributed by atoms with van der Waals surface area (Å²) in [7, 11) is -3.71. The van der Waals surface area contributed by atoms with Crippen molar-refractivity contribution in [3.8, 4) is 0 Å². The average Bonchev–Trinajstić information content (AvgIpc) is 3.01. The van der Waals surface area contributed by atoms with Gasteiger partial charge in [-0.1, -0.05) is 0 Å². The van der Waals surface area contributed by atoms with E-state index in [1.807, 2.05) is 12.3 Å². The third-order valence-corrected chi connectivity index (χ3v) is 5.77. The molecule has 0 amide bonds. The number of nitrogens with one attached hydrogen (secondary N) is 2. The molecule has 142 valence electrons. The number of benzene rings is 1. The van der Waals surface area contributed by atoms with Gasteiger partial charge in [-0.25, -0.2) is 18.5 Å². The van der Waals surface area contributed by atoms with Crippen LogP contribution in [0.3, 0.4) is 0 Å². The summed E-state index contributed by atoms with van der Waals surface area (Å²) < 4.78 is 24.9. The highest BCUT2D eigenvalue weighted by Gasteiger charge is 2.20. The van der Waals surface area contributed by atoms with E-state index < -0.39 is 10.0 Å². The van der Waals surface area contributed by atoms with Crippen molar-refractivity contribution in [2.45, 2.75) is 43.7 Å². The van der Waals surface area contributed by atoms with Crippen molar-refractivity contribution < 1.29 is 8.42 Å². The van der Waals surface area contributed by atoms with Crippen LogP contribution in [0.25, 0.3) is 11.0 Å². The fourth-order valence-corrected chi connectivity index (χ4v) is 3.65. The van der Waals surface area contributed by atoms with E-state index in [1.54, 1.807) is 12.1 Å². The molecular weight excluding hydrogens is 364 g/mol. The summed E-state index contributed by atoms with van der Waals surface area (Å²) in [6.07, 6.45) is 5.55. The standard InChI is InChI=1S/C18H22N6O2S/c1-2-24-11-10-15-16(24)17(20-12-4-3-5-12)23-18(22-15)21-13-6-8-14(9-7-13)27(19,25)26/h6-12H,2-5H2,1H3,(H2,19,25,26)(H2,20,21,22,23). The fraction of sp³-hybridized carbons (Fsp3) is 0.333. The second kappa shape index (κ2) is 6.82. The summed E-state index contributed by atoms with van der Waals surface area (Å²) in [6.45, 7) is 2.93. The first-order chi connectivity index (χ1) is 12.9. The number of sulfonamides is 1. The number of primary sulfonamides is 1. The Morgan fingerprint density at radius 3 is 2.52 bits per heavy atom. The molecule has 1 fully saturated rings. The second-order valence-electron chi connectivity index (χ2n) is 6.70. The van der Waals surface area contributed by atoms with Crippen LogP contribution in [0.1, 0.15) is 26.2 Å². The molecule has 0 spiro atoms. The van der Waals surface area contributed by atoms with Crippen LogP contribution >= 0.6 is 0 Å². The number of nitrogens with zero attached hydrogens (tertiary/aromatic N) is 3. The smallest absolute Gasteiger partial charge is 0.238 e. The van der Waals surface area contributed by atoms with Gasteiger partial charge in [0.15, 0.2) is 5.82 Å². The lowest BCUT2D eigenvalue weighted by Crippen LogP contribution is -2.28. The van der Waals surface area contributed by atoms with Gasteiger partial charge in [-0.05, 0) is 56.5 Å². The number of hydrogen-bond donors (Lipinski definition) is 3. The van der Waals surface area contributed by atoms with Crippen LogP contribution in [0.15, 0.2) is 41.4 Å². The van der Waals surface area contributed by atoms with Crippen molar-refractivity contribution in [2.75, 3.05) is 10.6 Å². The largest absolute Gasteiger partial charge is 0.365 e. The summed E-state index contributed by atoms with van der Waals surface area (Å²) >= 11 is 0. The molecule has 3 aromatic rings. The molecule has 1 aliphatic carbocycles. The maximum absolute atomic E-state index is 11.4. The van der Waals surface area contributed by atoms with Gasteiger partial charge in [0.05, 0.1) is 10.4 Å². The topological polar surface area (TPSA) is 115 Å². The Balaban J connectivity index is 1.67. The Morgan fingerprint density at radius 1 is 1.19 bits per heavy atom. The normalized spacial score (nSPS) is 14.9. The number of nitrogens with two attached hydrogens (primary N) is 1. The SMILES string of the molecule is CCn1ccc2nc(Nc3ccc(S(N)(=O)=O)cc3)nc(NC3CCC3)c21. The Hall–Kier alpha value is -2.65. The van der Waals surface area contributed by atoms with Crippen LogP contribution in [0.2, 0.25) is 0 Å². The molecule has 4 rings (SSSR count). The summed E-state index contributed by atoms with van der Waals surface area (Å²) in [5.74, 6) is 1.28. The maximum atomic E-state index is 11.4. The van der Waals surface area contributed by atoms with Crippen molar-refractivity contribution in [3.63, 3.8) is 0 Å². The van der Waals surface area contributed by atoms with Crippen LogP contribution in [0.5, 0.6) is 0 Å². The van der Waals surface area contributed by atoms with E-state index in [0.29, 0.717) is 17.7 Å². The van der Waals surface area contributed by atoms with E-state index in [9.17, 15) is 8.42 Å². The number of aromatic nitrogens is 3. The predicted molar refractivity (Wildman–Crippen MR) is 106 cm³/mol. The highest BCUT2D eigenvalue weighted by molar-refractivity contribution is 7.89. The highest BCUT2D eigenvalue weighted by Crippen LogP contribution is 2.29. The van der Waals surface area contributed by atoms with Crippen molar-refractivity contribution in [1.82, 2.24) is 14.5 Å². The van der Waals surface area contributed by atoms with Gasteiger partial charge in [-0.2, -0.15) is 4.98 Å². The van der Waals surface area contributed by atoms with Gasteiger partial charge < -0.3 is 15.2 Å². The molecule has 1 aromatic carbocycles. The second-order valence-corrected chi connectivity index (χ2v) is 8.26. The molecule has 0 radical (unpaired) electrons. The number of anilines is 3. The average molecular weight is 386 g/mol. The van der Waals surface area contributed by atoms with Crippen molar-refractivity contribution in [2.24, 2.45) is 5.14 Å². The molecule has 8 nitrogen and oxygen atoms in total. The Kier molecular flexibility index (Phi) is 4.48. The molecule has 1 saturated carbocycles. The maximum Gasteiger partial charge on any atom is 0.238 e. The van der Waals surface area contributed by atoms with Gasteiger partial charge in [0.2, 0.25) is 16.0 Å². The summed E-state index contributed by atoms with van der Waals surface area (Å²) in [4.78, 5) is 9.34. The molecule has 0 saturated heterocycles. The molecule has 27 heavy (non-hydrogen) atoms. The van der Waals surface area contributed by atoms with Gasteiger partial charge >= 0.3 is 0 Å². The zero-order valence-electron chi connectivity index (χ0n) is 15.0. The molecule has 4 N–H and O–H groups in total. The monoisotopic (exact) mass is 386 g/mol. The first-order valence-electron chi connectivity index (χ1n) is 8.97. The summed E-state index contributed by atoms with van der Waals surface area (Å²) in [5, 5.41) is 11.8. The first-order valence-corrected chi connectivity index (χ1v) is 10.5. The quantitative estimate of drug-likeness (QED) is 0.600. The molecule has 2 aromatic heterocycles. The van der Waals surface area contributed by atoms with Crippen LogP contribution in [-0.2, 0) is 16.6 Å². The molecule has 0 unspecified atom stereocenters. The molecular formula is C18H22N6O2S. The van der Waals surface area contributed by atoms with E-state index in [-0.39, 0.29) is 4.90 Å². The van der Waals surface area contributed by atoms with Gasteiger partial charge in [0.25, 0.3) is 0 Å². The molecule has 1 aliphatic rings. The zero-order valence-corrected chi connectivity index (χ0v) is 15.8. The lowest BCUT2D eigenvalue weighted by Gasteiger charge is -2.27. The number of rotatable bonds is 6. The van der Waals surface area contributed by atoms with Gasteiger partial charge in [0.1, 0.15) is 5.52 Å². The summed E-state index contributed by atoms with van der Waals surface area (Å²) in [5.41, 5.74) is 2.54. The van der Waals surface area contributed by atoms with Crippen LogP contribution in [0, 0.1) is 0 Å². The summed E-state index contributed by atoms with van der Waals surface area (Å²) in [6, 6.07) is 8.62. The Labute approximate surface area is 157 Å². The molecule has 0 bridgehead atoms. The Morgan fingerprint density at radius 2 is 1.93 bits per heavy atom. The minimum atomic E-state index is -3.71. The van der Waals surface area contributed by atoms with E-state index >= 15 is 0 Å². The van der Waals surface area contributed by atoms with E-state index in [4.69, 9.17) is 5.14 Å². The molecule has 9 heteroatoms. The predicted octanol–water partition coefficient (Wildman–Crippen LogP) is 2.81. The van der Waals surface area contributed by atoms with Gasteiger partial charge in [0, 0.05) is 24.5 Å². The molecule has 2 heterocycles. The fourth-order valence-electron chi connectivity index (χ4n) is 3.13. The molecule has 0 aliphatic heterocycles. The number of aryl methyl sites for hydroxylation is 1. The minimum Gasteiger partial charge on any atom is -0.365 e. The van der Waals surface area contributed by atoms with Crippen LogP contribution < -0.4 is 15.8 Å². The zero-order chi connectivity index (χ0) is 19.0. The minimum absolute atomic E-state index is 0.0665. The van der Waals surface area contributed by atoms with E-state index in [1.165, 1.54) is 18.6 Å². The lowest BCUT2D eigenvalue weighted by molar-refractivity contribution is 0.444. The number of fused-ring (bicyclic) bond motifs is 1. The van der Waals surface area contributed by atoms with Crippen molar-refractivity contribution >= 4 is 38.5 Å². The third kappa shape index (κ3) is 3.60. The third-order valence-electron chi connectivity index (χ3n) is 4.84. The lowest BCUT2D eigenvalue weighted by atomic mass is 9.93. The van der Waals surface area contributed by atoms with Crippen molar-refractivity contribution in [1.29, 1.82) is 0 Å².